The highest BCUT2D eigenvalue weighted by molar-refractivity contribution is 7.92. The Balaban J connectivity index is 3.22. The highest BCUT2D eigenvalue weighted by Crippen LogP contribution is 2.28. The summed E-state index contributed by atoms with van der Waals surface area (Å²) < 4.78 is 30.1. The summed E-state index contributed by atoms with van der Waals surface area (Å²) in [5, 5.41) is 10.8. The second-order valence-corrected chi connectivity index (χ2v) is 5.74. The molecule has 0 unspecified atom stereocenters. The van der Waals surface area contributed by atoms with E-state index in [1.54, 1.807) is 6.07 Å². The summed E-state index contributed by atoms with van der Waals surface area (Å²) in [6.45, 7) is 3.64. The molecule has 0 aliphatic heterocycles. The van der Waals surface area contributed by atoms with Crippen LogP contribution in [-0.2, 0) is 16.6 Å². The van der Waals surface area contributed by atoms with Crippen LogP contribution in [0.1, 0.15) is 11.1 Å². The van der Waals surface area contributed by atoms with Crippen LogP contribution < -0.4 is 14.8 Å². The number of nitrogens with one attached hydrogen (secondary N) is 2. The van der Waals surface area contributed by atoms with Crippen molar-refractivity contribution in [2.24, 2.45) is 0 Å². The quantitative estimate of drug-likeness (QED) is 0.738. The molecular formula is C12H16N2O5S. The molecule has 3 N–H and O–H groups in total. The summed E-state index contributed by atoms with van der Waals surface area (Å²) in [6.07, 6.45) is 1.34. The van der Waals surface area contributed by atoms with Gasteiger partial charge in [-0.05, 0) is 11.6 Å². The molecule has 0 radical (unpaired) electrons. The Morgan fingerprint density at radius 1 is 1.50 bits per heavy atom. The van der Waals surface area contributed by atoms with Gasteiger partial charge >= 0.3 is 6.09 Å². The maximum Gasteiger partial charge on any atom is 0.404 e. The largest absolute Gasteiger partial charge is 0.496 e. The van der Waals surface area contributed by atoms with Gasteiger partial charge in [-0.3, -0.25) is 4.72 Å². The third-order valence-corrected chi connectivity index (χ3v) is 2.99. The van der Waals surface area contributed by atoms with Crippen molar-refractivity contribution in [1.82, 2.24) is 5.32 Å². The number of amides is 1. The van der Waals surface area contributed by atoms with Crippen LogP contribution in [0.3, 0.4) is 0 Å². The molecule has 0 atom stereocenters. The van der Waals surface area contributed by atoms with E-state index in [-0.39, 0.29) is 6.54 Å². The van der Waals surface area contributed by atoms with Crippen LogP contribution in [0.15, 0.2) is 18.7 Å². The first-order valence-corrected chi connectivity index (χ1v) is 7.44. The van der Waals surface area contributed by atoms with Gasteiger partial charge in [0, 0.05) is 18.2 Å². The van der Waals surface area contributed by atoms with Crippen molar-refractivity contribution >= 4 is 27.9 Å². The first-order chi connectivity index (χ1) is 9.26. The third kappa shape index (κ3) is 4.47. The van der Waals surface area contributed by atoms with Gasteiger partial charge in [0.05, 0.1) is 19.1 Å². The minimum absolute atomic E-state index is 0.0402. The summed E-state index contributed by atoms with van der Waals surface area (Å²) in [6, 6.07) is 3.09. The summed E-state index contributed by atoms with van der Waals surface area (Å²) in [4.78, 5) is 10.5. The molecule has 1 aromatic rings. The Morgan fingerprint density at radius 3 is 2.60 bits per heavy atom. The lowest BCUT2D eigenvalue weighted by molar-refractivity contribution is 0.194. The molecule has 1 amide bonds. The molecule has 0 aliphatic rings. The first-order valence-electron chi connectivity index (χ1n) is 5.54. The number of carbonyl (C=O) groups is 1. The first kappa shape index (κ1) is 15.8. The fourth-order valence-corrected chi connectivity index (χ4v) is 2.18. The number of methoxy groups -OCH3 is 1. The van der Waals surface area contributed by atoms with E-state index in [1.165, 1.54) is 19.3 Å². The van der Waals surface area contributed by atoms with E-state index in [1.807, 2.05) is 0 Å². The molecular weight excluding hydrogens is 284 g/mol. The number of anilines is 1. The summed E-state index contributed by atoms with van der Waals surface area (Å²) in [5.74, 6) is 0.371. The van der Waals surface area contributed by atoms with Crippen molar-refractivity contribution in [3.63, 3.8) is 0 Å². The van der Waals surface area contributed by atoms with Gasteiger partial charge in [-0.1, -0.05) is 12.7 Å². The topological polar surface area (TPSA) is 105 Å². The van der Waals surface area contributed by atoms with Gasteiger partial charge in [-0.25, -0.2) is 13.2 Å². The SMILES string of the molecule is C=Cc1cc(CNC(=O)O)c(OC)cc1NS(C)(=O)=O. The highest BCUT2D eigenvalue weighted by atomic mass is 32.2. The second kappa shape index (κ2) is 6.29. The minimum Gasteiger partial charge on any atom is -0.496 e. The Kier molecular flexibility index (Phi) is 4.98. The van der Waals surface area contributed by atoms with E-state index in [4.69, 9.17) is 9.84 Å². The van der Waals surface area contributed by atoms with Crippen LogP contribution in [-0.4, -0.2) is 33.0 Å². The van der Waals surface area contributed by atoms with Gasteiger partial charge < -0.3 is 15.2 Å². The van der Waals surface area contributed by atoms with E-state index in [9.17, 15) is 13.2 Å². The summed E-state index contributed by atoms with van der Waals surface area (Å²) >= 11 is 0. The molecule has 8 heteroatoms. The average Bonchev–Trinajstić information content (AvgIpc) is 2.34. The summed E-state index contributed by atoms with van der Waals surface area (Å²) in [5.41, 5.74) is 1.42. The van der Waals surface area contributed by atoms with Gasteiger partial charge in [0.1, 0.15) is 5.75 Å². The van der Waals surface area contributed by atoms with Crippen molar-refractivity contribution in [2.45, 2.75) is 6.54 Å². The zero-order valence-electron chi connectivity index (χ0n) is 11.1. The van der Waals surface area contributed by atoms with Crippen LogP contribution in [0.25, 0.3) is 6.08 Å². The van der Waals surface area contributed by atoms with Crippen molar-refractivity contribution < 1.29 is 23.1 Å². The number of carboxylic acid groups (broad SMARTS) is 1. The molecule has 0 heterocycles. The molecule has 0 saturated carbocycles. The zero-order valence-corrected chi connectivity index (χ0v) is 12.0. The molecule has 0 bridgehead atoms. The monoisotopic (exact) mass is 300 g/mol. The lowest BCUT2D eigenvalue weighted by Crippen LogP contribution is -2.20. The van der Waals surface area contributed by atoms with Crippen LogP contribution in [0.5, 0.6) is 5.75 Å². The molecule has 0 aromatic heterocycles. The van der Waals surface area contributed by atoms with E-state index in [0.29, 0.717) is 22.6 Å². The molecule has 1 rings (SSSR count). The third-order valence-electron chi connectivity index (χ3n) is 2.40. The minimum atomic E-state index is -3.44. The highest BCUT2D eigenvalue weighted by Gasteiger charge is 2.12. The number of benzene rings is 1. The summed E-state index contributed by atoms with van der Waals surface area (Å²) in [7, 11) is -2.02. The van der Waals surface area contributed by atoms with Crippen molar-refractivity contribution in [3.05, 3.63) is 29.8 Å². The van der Waals surface area contributed by atoms with E-state index < -0.39 is 16.1 Å². The second-order valence-electron chi connectivity index (χ2n) is 3.99. The van der Waals surface area contributed by atoms with E-state index >= 15 is 0 Å². The molecule has 1 aromatic carbocycles. The average molecular weight is 300 g/mol. The normalized spacial score (nSPS) is 10.7. The Morgan fingerprint density at radius 2 is 2.15 bits per heavy atom. The van der Waals surface area contributed by atoms with Gasteiger partial charge in [-0.15, -0.1) is 0 Å². The van der Waals surface area contributed by atoms with Crippen molar-refractivity contribution in [3.8, 4) is 5.75 Å². The lowest BCUT2D eigenvalue weighted by Gasteiger charge is -2.14. The predicted octanol–water partition coefficient (Wildman–Crippen LogP) is 1.48. The smallest absolute Gasteiger partial charge is 0.404 e. The maximum absolute atomic E-state index is 11.3. The molecule has 110 valence electrons. The standard InChI is InChI=1S/C12H16N2O5S/c1-4-8-5-9(7-13-12(15)16)11(19-2)6-10(8)14-20(3,17)18/h4-6,13-14H,1,7H2,2-3H3,(H,15,16). The fraction of sp³-hybridized carbons (Fsp3) is 0.250. The zero-order chi connectivity index (χ0) is 15.3. The van der Waals surface area contributed by atoms with Gasteiger partial charge in [0.15, 0.2) is 0 Å². The number of ether oxygens (including phenoxy) is 1. The molecule has 0 aliphatic carbocycles. The van der Waals surface area contributed by atoms with Crippen LogP contribution in [0.2, 0.25) is 0 Å². The Bertz CT molecular complexity index is 625. The van der Waals surface area contributed by atoms with Crippen molar-refractivity contribution in [1.29, 1.82) is 0 Å². The molecule has 0 saturated heterocycles. The van der Waals surface area contributed by atoms with Gasteiger partial charge in [-0.2, -0.15) is 0 Å². The molecule has 20 heavy (non-hydrogen) atoms. The predicted molar refractivity (Wildman–Crippen MR) is 76.4 cm³/mol. The molecule has 0 spiro atoms. The Labute approximate surface area is 117 Å². The van der Waals surface area contributed by atoms with Gasteiger partial charge in [0.25, 0.3) is 0 Å². The van der Waals surface area contributed by atoms with Crippen LogP contribution >= 0.6 is 0 Å². The fourth-order valence-electron chi connectivity index (χ4n) is 1.60. The number of sulfonamides is 1. The van der Waals surface area contributed by atoms with Crippen molar-refractivity contribution in [2.75, 3.05) is 18.1 Å². The Hall–Kier alpha value is -2.22. The van der Waals surface area contributed by atoms with Crippen LogP contribution in [0, 0.1) is 0 Å². The van der Waals surface area contributed by atoms with E-state index in [2.05, 4.69) is 16.6 Å². The molecule has 7 nitrogen and oxygen atoms in total. The van der Waals surface area contributed by atoms with E-state index in [0.717, 1.165) is 6.26 Å². The van der Waals surface area contributed by atoms with Gasteiger partial charge in [0.2, 0.25) is 10.0 Å². The molecule has 0 fully saturated rings. The van der Waals surface area contributed by atoms with Crippen LogP contribution in [0.4, 0.5) is 10.5 Å². The number of hydrogen-bond donors (Lipinski definition) is 3. The maximum atomic E-state index is 11.3. The lowest BCUT2D eigenvalue weighted by atomic mass is 10.1. The number of rotatable bonds is 6. The number of hydrogen-bond acceptors (Lipinski definition) is 4.